The Hall–Kier alpha value is -21.5. The summed E-state index contributed by atoms with van der Waals surface area (Å²) in [5.74, 6) is 1.22. The Labute approximate surface area is 803 Å². The van der Waals surface area contributed by atoms with E-state index in [9.17, 15) is 21.0 Å². The molecule has 0 unspecified atom stereocenters. The van der Waals surface area contributed by atoms with Crippen LogP contribution in [-0.2, 0) is 0 Å². The molecule has 26 nitrogen and oxygen atoms in total. The van der Waals surface area contributed by atoms with Crippen LogP contribution >= 0.6 is 0 Å². The van der Waals surface area contributed by atoms with Gasteiger partial charge in [0.25, 0.3) is 23.0 Å². The lowest BCUT2D eigenvalue weighted by Gasteiger charge is -2.26. The fourth-order valence-electron chi connectivity index (χ4n) is 15.9. The number of pyridine rings is 3. The minimum atomic E-state index is -2.86. The summed E-state index contributed by atoms with van der Waals surface area (Å²) in [4.78, 5) is 58.5. The zero-order valence-corrected chi connectivity index (χ0v) is 74.2. The van der Waals surface area contributed by atoms with Crippen LogP contribution in [0, 0.1) is 112 Å². The average Bonchev–Trinajstić information content (AvgIpc) is 0.722. The highest BCUT2D eigenvalue weighted by atomic mass is 27.3. The third kappa shape index (κ3) is 18.4. The van der Waals surface area contributed by atoms with Crippen LogP contribution in [-0.4, -0.2) is 60.0 Å². The molecule has 0 aliphatic rings. The zero-order chi connectivity index (χ0) is 96.5. The van der Waals surface area contributed by atoms with E-state index in [4.69, 9.17) is 60.0 Å². The predicted molar refractivity (Wildman–Crippen MR) is 539 cm³/mol. The molecular weight excluding hydrogens is 1750 g/mol. The lowest BCUT2D eigenvalue weighted by molar-refractivity contribution is 0.311. The number of nitrogens with zero attached hydrogens (tertiary/aromatic N) is 23. The number of rotatable bonds is 14. The highest BCUT2D eigenvalue weighted by Crippen LogP contribution is 2.42. The Balaban J connectivity index is 0.000000133. The van der Waals surface area contributed by atoms with Crippen molar-refractivity contribution in [3.8, 4) is 59.7 Å². The lowest BCUT2D eigenvalue weighted by Crippen LogP contribution is -2.37. The van der Waals surface area contributed by atoms with Crippen molar-refractivity contribution in [2.45, 2.75) is 0 Å². The zero-order valence-electron chi connectivity index (χ0n) is 73.1. The van der Waals surface area contributed by atoms with E-state index in [2.05, 4.69) is 309 Å². The summed E-state index contributed by atoms with van der Waals surface area (Å²) in [5, 5.41) is 76.7. The Morgan fingerprint density at radius 1 is 0.279 bits per heavy atom. The number of aromatic nitrogens is 9. The van der Waals surface area contributed by atoms with E-state index < -0.39 is 15.1 Å². The van der Waals surface area contributed by atoms with Gasteiger partial charge in [-0.1, -0.05) is 238 Å². The van der Waals surface area contributed by atoms with E-state index in [-0.39, 0.29) is 101 Å². The van der Waals surface area contributed by atoms with Crippen molar-refractivity contribution >= 4 is 199 Å². The van der Waals surface area contributed by atoms with Gasteiger partial charge in [0.1, 0.15) is 80.1 Å². The summed E-state index contributed by atoms with van der Waals surface area (Å²) in [7, 11) is 0. The second-order valence-corrected chi connectivity index (χ2v) is 32.0. The fraction of sp³-hybridized carbons (Fsp3) is 0. The highest BCUT2D eigenvalue weighted by molar-refractivity contribution is 6.40. The number of hydrogen-bond donors (Lipinski definition) is 0. The molecule has 15 aromatic carbocycles. The first kappa shape index (κ1) is 89.1. The molecule has 0 amide bonds. The molecule has 0 saturated carbocycles. The highest BCUT2D eigenvalue weighted by Gasteiger charge is 2.46. The molecule has 0 saturated heterocycles. The largest absolute Gasteiger partial charge is 1.20 e. The van der Waals surface area contributed by atoms with Gasteiger partial charge in [0.15, 0.2) is 28.5 Å². The molecule has 0 fully saturated rings. The van der Waals surface area contributed by atoms with Gasteiger partial charge in [0.05, 0.1) is 37.9 Å². The van der Waals surface area contributed by atoms with Crippen LogP contribution in [0.2, 0.25) is 0 Å². The topological polar surface area (TPSA) is 339 Å². The van der Waals surface area contributed by atoms with Crippen LogP contribution < -0.4 is 31.6 Å². The first-order valence-electron chi connectivity index (χ1n) is 42.7. The van der Waals surface area contributed by atoms with Gasteiger partial charge in [0, 0.05) is 74.4 Å². The van der Waals surface area contributed by atoms with Gasteiger partial charge in [-0.3, -0.25) is 15.0 Å². The molecule has 6 heterocycles. The third-order valence-electron chi connectivity index (χ3n) is 22.5. The van der Waals surface area contributed by atoms with E-state index >= 15 is 0 Å². The summed E-state index contributed by atoms with van der Waals surface area (Å²) >= 11 is -2.86. The molecular formula is C113H58AlN23O3. The predicted octanol–water partition coefficient (Wildman–Crippen LogP) is 24.6. The molecule has 21 rings (SSSR count). The van der Waals surface area contributed by atoms with Crippen molar-refractivity contribution in [2.24, 2.45) is 0 Å². The van der Waals surface area contributed by atoms with Crippen molar-refractivity contribution in [1.82, 2.24) is 44.9 Å². The Morgan fingerprint density at radius 2 is 0.571 bits per heavy atom. The van der Waals surface area contributed by atoms with E-state index in [1.807, 2.05) is 91.0 Å². The van der Waals surface area contributed by atoms with Gasteiger partial charge >= 0.3 is 15.1 Å². The van der Waals surface area contributed by atoms with E-state index in [0.29, 0.717) is 17.2 Å². The van der Waals surface area contributed by atoms with Crippen LogP contribution in [0.1, 0.15) is 39.5 Å². The van der Waals surface area contributed by atoms with Crippen LogP contribution in [0.5, 0.6) is 17.2 Å². The number of hydrogen-bond acceptors (Lipinski definition) is 21. The van der Waals surface area contributed by atoms with Gasteiger partial charge < -0.3 is 30.9 Å². The van der Waals surface area contributed by atoms with Crippen molar-refractivity contribution in [3.05, 3.63) is 447 Å². The molecule has 646 valence electrons. The average molecular weight is 1810 g/mol. The smallest absolute Gasteiger partial charge is 0.576 e. The minimum absolute atomic E-state index is 0.00714. The molecule has 0 aliphatic carbocycles. The first-order valence-corrected chi connectivity index (χ1v) is 44.1. The summed E-state index contributed by atoms with van der Waals surface area (Å²) < 4.78 is 19.2. The maximum absolute atomic E-state index is 9.29. The summed E-state index contributed by atoms with van der Waals surface area (Å²) in [6, 6.07) is 122. The Kier molecular flexibility index (Phi) is 25.7. The van der Waals surface area contributed by atoms with Crippen molar-refractivity contribution in [2.75, 3.05) is 9.80 Å². The molecule has 6 aromatic heterocycles. The maximum atomic E-state index is 9.29. The number of nitriles is 7. The van der Waals surface area contributed by atoms with Crippen molar-refractivity contribution < 1.29 is 11.4 Å². The lowest BCUT2D eigenvalue weighted by atomic mass is 10.1. The summed E-state index contributed by atoms with van der Waals surface area (Å²) in [6.07, 6.45) is 9.63. The van der Waals surface area contributed by atoms with Crippen LogP contribution in [0.25, 0.3) is 157 Å². The maximum Gasteiger partial charge on any atom is 1.20 e. The molecule has 0 spiro atoms. The molecule has 0 aliphatic heterocycles. The Bertz CT molecular complexity index is 8380. The molecule has 27 heteroatoms. The molecule has 140 heavy (non-hydrogen) atoms. The quantitative estimate of drug-likeness (QED) is 0.0422. The fourth-order valence-corrected chi connectivity index (χ4v) is 17.2. The number of anilines is 6. The normalized spacial score (nSPS) is 11.0. The third-order valence-corrected chi connectivity index (χ3v) is 23.8. The SMILES string of the molecule is C(=Cc1ccc(N(c2ccc3ccccc3c2)c2ccc3ccccc3c2)cc1)c1ccc(N(c2ccc3ccccc3c2)c2ccc3ccccc3c2)cc1.[C-]#[N+]/C(C#N)=c1/cc(C#N)/c(=C(\C#N)[N+]#[C-])cc1[N+]#[C-].[C-]#[N+]c1nc2c3nc(C#N)c(C#N)nc3c3nc(C#N)c(C#N)nc3c2nc1[N+]#[C-].c1cnc2c([O][Al]([O]c3cccc4cccnc34)[O]c3cccc4cccnc34)cccc2c1. The molecule has 0 radical (unpaired) electrons. The monoisotopic (exact) mass is 1810 g/mol. The standard InChI is InChI=1S/C54H38N2.C18N12.C14H2N6.3C9H7NO.Al/c1-5-13-45-35-51(31-23-41(45)9-1)55(52-32-24-42-10-2-6-14-46(42)36-52)49-27-19-39(20-28-49)17-18-40-21-29-50(30-22-40)56(53-33-25-43-11-3-7-15-47(43)37-53)54-34-26-44-12-4-8-16-48(44)38-54;1-23-17-18(24-2)30-16-14-12(26-8(4-20)10(6-22)28-14)11-13(15(16)29-17)27-9(5-21)7(3-19)25-11;1-18-12-5-10(13(7-16)19-2)9(6-15)4-11(12)14(8-17)20-3;3*11-8-5-1-3-7-4-2-6-10-9(7)8;/h1-38H;;4-5H;3*1-6,11H;/q;;;;;;+3/p-3/b;;13-10+,14-11-;;;;. The number of benzene rings is 15. The van der Waals surface area contributed by atoms with Crippen LogP contribution in [0.4, 0.5) is 51.4 Å². The second kappa shape index (κ2) is 40.5. The summed E-state index contributed by atoms with van der Waals surface area (Å²) in [5.41, 5.74) is 9.36. The molecule has 0 bridgehead atoms. The van der Waals surface area contributed by atoms with Gasteiger partial charge in [-0.15, -0.1) is 9.97 Å². The van der Waals surface area contributed by atoms with Gasteiger partial charge in [0.2, 0.25) is 11.0 Å². The second-order valence-electron chi connectivity index (χ2n) is 30.7. The minimum Gasteiger partial charge on any atom is -0.576 e. The van der Waals surface area contributed by atoms with Crippen LogP contribution in [0.3, 0.4) is 0 Å². The van der Waals surface area contributed by atoms with Crippen LogP contribution in [0.15, 0.2) is 340 Å². The van der Waals surface area contributed by atoms with Crippen molar-refractivity contribution in [3.63, 3.8) is 0 Å². The van der Waals surface area contributed by atoms with Gasteiger partial charge in [-0.2, -0.15) is 26.3 Å². The van der Waals surface area contributed by atoms with E-state index in [1.54, 1.807) is 61.1 Å². The molecule has 0 N–H and O–H groups in total. The number of para-hydroxylation sites is 3. The first-order chi connectivity index (χ1) is 68.8. The molecule has 21 aromatic rings. The van der Waals surface area contributed by atoms with Gasteiger partial charge in [-0.25, -0.2) is 45.0 Å². The molecule has 0 atom stereocenters. The number of fused-ring (bicyclic) bond motifs is 13. The van der Waals surface area contributed by atoms with Crippen molar-refractivity contribution in [1.29, 1.82) is 36.8 Å². The van der Waals surface area contributed by atoms with E-state index in [1.165, 1.54) is 55.2 Å². The van der Waals surface area contributed by atoms with Gasteiger partial charge in [-0.05, 0) is 174 Å². The summed E-state index contributed by atoms with van der Waals surface area (Å²) in [6.45, 7) is 35.3. The Morgan fingerprint density at radius 3 is 0.864 bits per heavy atom. The van der Waals surface area contributed by atoms with E-state index in [0.717, 1.165) is 78.0 Å².